The van der Waals surface area contributed by atoms with E-state index in [0.29, 0.717) is 11.7 Å². The number of hydrogen-bond donors (Lipinski definition) is 0. The van der Waals surface area contributed by atoms with Gasteiger partial charge in [-0.25, -0.2) is 9.37 Å². The number of carbonyl (C=O) groups excluding carboxylic acids is 1. The van der Waals surface area contributed by atoms with Crippen LogP contribution in [0, 0.1) is 5.82 Å². The van der Waals surface area contributed by atoms with E-state index in [1.807, 2.05) is 5.38 Å². The third kappa shape index (κ3) is 4.84. The average molecular weight is 363 g/mol. The predicted octanol–water partition coefficient (Wildman–Crippen LogP) is 3.02. The molecule has 134 valence electrons. The highest BCUT2D eigenvalue weighted by atomic mass is 32.1. The monoisotopic (exact) mass is 363 g/mol. The molecule has 25 heavy (non-hydrogen) atoms. The molecule has 1 aromatic carbocycles. The summed E-state index contributed by atoms with van der Waals surface area (Å²) in [6.07, 6.45) is 0.894. The van der Waals surface area contributed by atoms with Gasteiger partial charge in [-0.3, -0.25) is 14.6 Å². The minimum Gasteiger partial charge on any atom is -0.379 e. The summed E-state index contributed by atoms with van der Waals surface area (Å²) in [4.78, 5) is 20.7. The SMILES string of the molecule is CC(=O)N(CCCN1CCOCC1)c1nc(-c2ccc(F)cc2)cs1. The van der Waals surface area contributed by atoms with Crippen molar-refractivity contribution in [2.24, 2.45) is 0 Å². The molecule has 3 rings (SSSR count). The molecule has 7 heteroatoms. The highest BCUT2D eigenvalue weighted by Gasteiger charge is 2.17. The first kappa shape index (κ1) is 18.0. The first-order valence-electron chi connectivity index (χ1n) is 8.43. The maximum Gasteiger partial charge on any atom is 0.225 e. The molecular weight excluding hydrogens is 341 g/mol. The molecule has 5 nitrogen and oxygen atoms in total. The Labute approximate surface area is 151 Å². The first-order valence-corrected chi connectivity index (χ1v) is 9.31. The maximum absolute atomic E-state index is 13.1. The molecule has 2 aromatic rings. The minimum atomic E-state index is -0.271. The number of halogens is 1. The van der Waals surface area contributed by atoms with Crippen LogP contribution in [-0.2, 0) is 9.53 Å². The maximum atomic E-state index is 13.1. The highest BCUT2D eigenvalue weighted by molar-refractivity contribution is 7.14. The summed E-state index contributed by atoms with van der Waals surface area (Å²) in [5, 5.41) is 2.59. The Morgan fingerprint density at radius 2 is 2.04 bits per heavy atom. The van der Waals surface area contributed by atoms with Crippen LogP contribution in [0.1, 0.15) is 13.3 Å². The molecule has 0 radical (unpaired) electrons. The van der Waals surface area contributed by atoms with Gasteiger partial charge in [0.25, 0.3) is 0 Å². The van der Waals surface area contributed by atoms with Crippen LogP contribution in [0.5, 0.6) is 0 Å². The van der Waals surface area contributed by atoms with Crippen LogP contribution in [0.25, 0.3) is 11.3 Å². The third-order valence-corrected chi connectivity index (χ3v) is 5.07. The van der Waals surface area contributed by atoms with E-state index in [-0.39, 0.29) is 11.7 Å². The molecule has 1 fully saturated rings. The normalized spacial score (nSPS) is 15.3. The van der Waals surface area contributed by atoms with Crippen molar-refractivity contribution in [1.29, 1.82) is 0 Å². The summed E-state index contributed by atoms with van der Waals surface area (Å²) in [6, 6.07) is 6.23. The summed E-state index contributed by atoms with van der Waals surface area (Å²) in [5.74, 6) is -0.283. The summed E-state index contributed by atoms with van der Waals surface area (Å²) in [5.41, 5.74) is 1.61. The van der Waals surface area contributed by atoms with E-state index >= 15 is 0 Å². The molecule has 1 saturated heterocycles. The number of hydrogen-bond acceptors (Lipinski definition) is 5. The Morgan fingerprint density at radius 3 is 2.72 bits per heavy atom. The predicted molar refractivity (Wildman–Crippen MR) is 97.4 cm³/mol. The standard InChI is InChI=1S/C18H22FN3O2S/c1-14(23)22(8-2-7-21-9-11-24-12-10-21)18-20-17(13-25-18)15-3-5-16(19)6-4-15/h3-6,13H,2,7-12H2,1H3. The largest absolute Gasteiger partial charge is 0.379 e. The van der Waals surface area contributed by atoms with E-state index in [1.54, 1.807) is 24.0 Å². The number of thiazole rings is 1. The van der Waals surface area contributed by atoms with Crippen molar-refractivity contribution in [2.45, 2.75) is 13.3 Å². The molecule has 0 atom stereocenters. The van der Waals surface area contributed by atoms with Gasteiger partial charge in [-0.2, -0.15) is 0 Å². The minimum absolute atomic E-state index is 0.0121. The molecule has 0 unspecified atom stereocenters. The van der Waals surface area contributed by atoms with Crippen LogP contribution in [0.4, 0.5) is 9.52 Å². The van der Waals surface area contributed by atoms with Crippen molar-refractivity contribution < 1.29 is 13.9 Å². The average Bonchev–Trinajstić information content (AvgIpc) is 3.09. The van der Waals surface area contributed by atoms with Gasteiger partial charge in [0.15, 0.2) is 5.13 Å². The van der Waals surface area contributed by atoms with Gasteiger partial charge in [0, 0.05) is 44.0 Å². The number of anilines is 1. The smallest absolute Gasteiger partial charge is 0.225 e. The zero-order valence-corrected chi connectivity index (χ0v) is 15.1. The second-order valence-corrected chi connectivity index (χ2v) is 6.84. The van der Waals surface area contributed by atoms with Gasteiger partial charge in [-0.1, -0.05) is 0 Å². The highest BCUT2D eigenvalue weighted by Crippen LogP contribution is 2.28. The molecule has 0 bridgehead atoms. The van der Waals surface area contributed by atoms with Crippen molar-refractivity contribution in [3.8, 4) is 11.3 Å². The second kappa shape index (κ2) is 8.51. The van der Waals surface area contributed by atoms with E-state index in [2.05, 4.69) is 9.88 Å². The van der Waals surface area contributed by atoms with Gasteiger partial charge in [0.1, 0.15) is 5.82 Å². The third-order valence-electron chi connectivity index (χ3n) is 4.20. The zero-order chi connectivity index (χ0) is 17.6. The van der Waals surface area contributed by atoms with E-state index in [1.165, 1.54) is 23.5 Å². The number of amides is 1. The zero-order valence-electron chi connectivity index (χ0n) is 14.3. The van der Waals surface area contributed by atoms with Gasteiger partial charge in [0.05, 0.1) is 18.9 Å². The second-order valence-electron chi connectivity index (χ2n) is 6.00. The number of morpholine rings is 1. The quantitative estimate of drug-likeness (QED) is 0.791. The number of nitrogens with zero attached hydrogens (tertiary/aromatic N) is 3. The molecule has 1 aliphatic rings. The summed E-state index contributed by atoms with van der Waals surface area (Å²) in [7, 11) is 0. The van der Waals surface area contributed by atoms with Crippen LogP contribution in [-0.4, -0.2) is 55.2 Å². The van der Waals surface area contributed by atoms with Gasteiger partial charge < -0.3 is 4.74 Å². The molecule has 2 heterocycles. The number of aromatic nitrogens is 1. The van der Waals surface area contributed by atoms with Crippen LogP contribution in [0.2, 0.25) is 0 Å². The van der Waals surface area contributed by atoms with Crippen molar-refractivity contribution in [2.75, 3.05) is 44.3 Å². The topological polar surface area (TPSA) is 45.7 Å². The van der Waals surface area contributed by atoms with Crippen LogP contribution >= 0.6 is 11.3 Å². The Kier molecular flexibility index (Phi) is 6.12. The first-order chi connectivity index (χ1) is 12.1. The fourth-order valence-electron chi connectivity index (χ4n) is 2.81. The molecular formula is C18H22FN3O2S. The summed E-state index contributed by atoms with van der Waals surface area (Å²) in [6.45, 7) is 6.62. The molecule has 1 aliphatic heterocycles. The lowest BCUT2D eigenvalue weighted by Crippen LogP contribution is -2.38. The van der Waals surface area contributed by atoms with Gasteiger partial charge in [-0.05, 0) is 30.7 Å². The van der Waals surface area contributed by atoms with Crippen LogP contribution < -0.4 is 4.90 Å². The lowest BCUT2D eigenvalue weighted by Gasteiger charge is -2.27. The van der Waals surface area contributed by atoms with Crippen molar-refractivity contribution in [3.63, 3.8) is 0 Å². The molecule has 0 spiro atoms. The fraction of sp³-hybridized carbons (Fsp3) is 0.444. The van der Waals surface area contributed by atoms with E-state index in [0.717, 1.165) is 50.5 Å². The fourth-order valence-corrected chi connectivity index (χ4v) is 3.71. The van der Waals surface area contributed by atoms with Gasteiger partial charge in [-0.15, -0.1) is 11.3 Å². The summed E-state index contributed by atoms with van der Waals surface area (Å²) < 4.78 is 18.4. The van der Waals surface area contributed by atoms with Gasteiger partial charge in [0.2, 0.25) is 5.91 Å². The molecule has 1 aromatic heterocycles. The van der Waals surface area contributed by atoms with Crippen molar-refractivity contribution in [1.82, 2.24) is 9.88 Å². The summed E-state index contributed by atoms with van der Waals surface area (Å²) >= 11 is 1.44. The lowest BCUT2D eigenvalue weighted by molar-refractivity contribution is -0.116. The number of ether oxygens (including phenoxy) is 1. The van der Waals surface area contributed by atoms with Crippen LogP contribution in [0.3, 0.4) is 0 Å². The number of rotatable bonds is 6. The number of benzene rings is 1. The van der Waals surface area contributed by atoms with Crippen LogP contribution in [0.15, 0.2) is 29.6 Å². The molecule has 0 aliphatic carbocycles. The van der Waals surface area contributed by atoms with E-state index in [4.69, 9.17) is 4.74 Å². The van der Waals surface area contributed by atoms with Crippen molar-refractivity contribution >= 4 is 22.4 Å². The Hall–Kier alpha value is -1.83. The Bertz CT molecular complexity index is 699. The van der Waals surface area contributed by atoms with E-state index < -0.39 is 0 Å². The molecule has 0 saturated carbocycles. The van der Waals surface area contributed by atoms with E-state index in [9.17, 15) is 9.18 Å². The van der Waals surface area contributed by atoms with Crippen molar-refractivity contribution in [3.05, 3.63) is 35.5 Å². The molecule has 0 N–H and O–H groups in total. The van der Waals surface area contributed by atoms with Gasteiger partial charge >= 0.3 is 0 Å². The molecule has 1 amide bonds. The Morgan fingerprint density at radius 1 is 1.32 bits per heavy atom. The number of carbonyl (C=O) groups is 1. The lowest BCUT2D eigenvalue weighted by atomic mass is 10.2. The Balaban J connectivity index is 1.62.